The van der Waals surface area contributed by atoms with Crippen LogP contribution in [0.4, 0.5) is 13.2 Å². The number of carbonyl (C=O) groups excluding carboxylic acids is 1. The molecule has 4 aromatic rings. The number of aromatic nitrogens is 1. The molecule has 182 valence electrons. The topological polar surface area (TPSA) is 105 Å². The van der Waals surface area contributed by atoms with E-state index in [1.54, 1.807) is 42.5 Å². The van der Waals surface area contributed by atoms with Crippen LogP contribution in [-0.2, 0) is 22.6 Å². The first-order valence-electron chi connectivity index (χ1n) is 10.7. The molecule has 4 N–H and O–H groups in total. The Balaban J connectivity index is 1.59. The number of hydrogen-bond donors (Lipinski definition) is 3. The standard InChI is InChI=1S/C25H22F3N3O3S/c26-25(27,28)21-8-4-7-19-20(15-31-23(19)21)24(32)22(17-5-2-1-3-6-17)30-14-13-16-9-11-18(12-10-16)35(29,33)34/h1-12,15,22,30-31H,13-14H2,(H2,29,33,34)/t22-/m1/s1. The van der Waals surface area contributed by atoms with Gasteiger partial charge in [0.1, 0.15) is 0 Å². The molecule has 1 heterocycles. The Kier molecular flexibility index (Phi) is 6.79. The summed E-state index contributed by atoms with van der Waals surface area (Å²) in [7, 11) is -3.79. The van der Waals surface area contributed by atoms with Gasteiger partial charge in [0.2, 0.25) is 10.0 Å². The second-order valence-corrected chi connectivity index (χ2v) is 9.59. The van der Waals surface area contributed by atoms with Crippen LogP contribution < -0.4 is 10.5 Å². The van der Waals surface area contributed by atoms with Crippen LogP contribution in [0.2, 0.25) is 0 Å². The van der Waals surface area contributed by atoms with Crippen molar-refractivity contribution in [1.82, 2.24) is 10.3 Å². The zero-order valence-electron chi connectivity index (χ0n) is 18.3. The number of para-hydroxylation sites is 1. The summed E-state index contributed by atoms with van der Waals surface area (Å²) in [5.74, 6) is -0.369. The number of hydrogen-bond acceptors (Lipinski definition) is 4. The zero-order chi connectivity index (χ0) is 25.2. The number of halogens is 3. The van der Waals surface area contributed by atoms with Gasteiger partial charge in [0.05, 0.1) is 22.0 Å². The number of rotatable bonds is 8. The molecule has 0 bridgehead atoms. The fourth-order valence-electron chi connectivity index (χ4n) is 3.96. The van der Waals surface area contributed by atoms with Gasteiger partial charge in [-0.25, -0.2) is 13.6 Å². The third-order valence-corrected chi connectivity index (χ3v) is 6.62. The summed E-state index contributed by atoms with van der Waals surface area (Å²) in [5.41, 5.74) is 0.686. The number of nitrogens with two attached hydrogens (primary N) is 1. The minimum Gasteiger partial charge on any atom is -0.360 e. The number of nitrogens with one attached hydrogen (secondary N) is 2. The monoisotopic (exact) mass is 501 g/mol. The number of carbonyl (C=O) groups is 1. The van der Waals surface area contributed by atoms with E-state index >= 15 is 0 Å². The molecule has 35 heavy (non-hydrogen) atoms. The van der Waals surface area contributed by atoms with Gasteiger partial charge in [-0.1, -0.05) is 54.6 Å². The highest BCUT2D eigenvalue weighted by Crippen LogP contribution is 2.36. The number of primary sulfonamides is 1. The van der Waals surface area contributed by atoms with E-state index in [4.69, 9.17) is 5.14 Å². The van der Waals surface area contributed by atoms with Gasteiger partial charge in [-0.2, -0.15) is 13.2 Å². The molecule has 0 radical (unpaired) electrons. The molecule has 0 aliphatic rings. The number of ketones is 1. The average molecular weight is 502 g/mol. The van der Waals surface area contributed by atoms with Crippen molar-refractivity contribution in [2.24, 2.45) is 5.14 Å². The molecule has 10 heteroatoms. The van der Waals surface area contributed by atoms with Crippen molar-refractivity contribution in [1.29, 1.82) is 0 Å². The lowest BCUT2D eigenvalue weighted by Crippen LogP contribution is -2.30. The molecule has 0 spiro atoms. The number of aromatic amines is 1. The van der Waals surface area contributed by atoms with Crippen molar-refractivity contribution in [2.45, 2.75) is 23.5 Å². The van der Waals surface area contributed by atoms with Crippen LogP contribution >= 0.6 is 0 Å². The predicted octanol–water partition coefficient (Wildman–Crippen LogP) is 4.59. The van der Waals surface area contributed by atoms with Crippen molar-refractivity contribution in [3.05, 3.63) is 101 Å². The number of Topliss-reactive ketones (excluding diaryl/α,β-unsaturated/α-hetero) is 1. The highest BCUT2D eigenvalue weighted by molar-refractivity contribution is 7.89. The molecule has 1 aromatic heterocycles. The maximum absolute atomic E-state index is 13.5. The number of H-pyrrole nitrogens is 1. The van der Waals surface area contributed by atoms with Crippen molar-refractivity contribution in [3.8, 4) is 0 Å². The second-order valence-electron chi connectivity index (χ2n) is 8.03. The van der Waals surface area contributed by atoms with Crippen LogP contribution in [0.5, 0.6) is 0 Å². The van der Waals surface area contributed by atoms with E-state index in [1.807, 2.05) is 0 Å². The van der Waals surface area contributed by atoms with E-state index in [0.717, 1.165) is 11.6 Å². The van der Waals surface area contributed by atoms with Crippen LogP contribution in [0.1, 0.15) is 33.1 Å². The molecule has 3 aromatic carbocycles. The molecule has 0 amide bonds. The summed E-state index contributed by atoms with van der Waals surface area (Å²) in [5, 5.41) is 8.52. The number of alkyl halides is 3. The molecular weight excluding hydrogens is 479 g/mol. The Hall–Kier alpha value is -3.47. The van der Waals surface area contributed by atoms with Crippen molar-refractivity contribution in [2.75, 3.05) is 6.54 Å². The first-order chi connectivity index (χ1) is 16.6. The fraction of sp³-hybridized carbons (Fsp3) is 0.160. The minimum absolute atomic E-state index is 0.00381. The van der Waals surface area contributed by atoms with E-state index in [0.29, 0.717) is 18.5 Å². The van der Waals surface area contributed by atoms with Crippen LogP contribution in [0, 0.1) is 0 Å². The second kappa shape index (κ2) is 9.65. The normalized spacial score (nSPS) is 13.1. The minimum atomic E-state index is -4.56. The first kappa shape index (κ1) is 24.6. The van der Waals surface area contributed by atoms with Gasteiger partial charge in [0, 0.05) is 23.7 Å². The van der Waals surface area contributed by atoms with Gasteiger partial charge in [0.25, 0.3) is 0 Å². The number of benzene rings is 3. The van der Waals surface area contributed by atoms with Crippen LogP contribution in [-0.4, -0.2) is 25.7 Å². The summed E-state index contributed by atoms with van der Waals surface area (Å²) in [6, 6.07) is 17.9. The number of sulfonamides is 1. The molecule has 0 aliphatic carbocycles. The van der Waals surface area contributed by atoms with Crippen molar-refractivity contribution < 1.29 is 26.4 Å². The number of fused-ring (bicyclic) bond motifs is 1. The summed E-state index contributed by atoms with van der Waals surface area (Å²) in [4.78, 5) is 16.2. The maximum Gasteiger partial charge on any atom is 0.418 e. The average Bonchev–Trinajstić information content (AvgIpc) is 3.25. The lowest BCUT2D eigenvalue weighted by atomic mass is 9.96. The van der Waals surface area contributed by atoms with Crippen molar-refractivity contribution in [3.63, 3.8) is 0 Å². The predicted molar refractivity (Wildman–Crippen MR) is 126 cm³/mol. The molecule has 1 atom stereocenters. The van der Waals surface area contributed by atoms with Crippen LogP contribution in [0.3, 0.4) is 0 Å². The Morgan fingerprint density at radius 1 is 0.971 bits per heavy atom. The highest BCUT2D eigenvalue weighted by atomic mass is 32.2. The molecule has 4 rings (SSSR count). The van der Waals surface area contributed by atoms with E-state index in [9.17, 15) is 26.4 Å². The molecule has 0 saturated heterocycles. The largest absolute Gasteiger partial charge is 0.418 e. The van der Waals surface area contributed by atoms with Gasteiger partial charge in [-0.3, -0.25) is 4.79 Å². The van der Waals surface area contributed by atoms with Gasteiger partial charge >= 0.3 is 6.18 Å². The van der Waals surface area contributed by atoms with Gasteiger partial charge < -0.3 is 10.3 Å². The zero-order valence-corrected chi connectivity index (χ0v) is 19.2. The van der Waals surface area contributed by atoms with Crippen LogP contribution in [0.25, 0.3) is 10.9 Å². The smallest absolute Gasteiger partial charge is 0.360 e. The van der Waals surface area contributed by atoms with Crippen molar-refractivity contribution >= 4 is 26.7 Å². The summed E-state index contributed by atoms with van der Waals surface area (Å²) in [6.45, 7) is 0.357. The van der Waals surface area contributed by atoms with E-state index in [-0.39, 0.29) is 27.1 Å². The molecule has 0 fully saturated rings. The van der Waals surface area contributed by atoms with E-state index in [1.165, 1.54) is 30.5 Å². The molecular formula is C25H22F3N3O3S. The quantitative estimate of drug-likeness (QED) is 0.307. The summed E-state index contributed by atoms with van der Waals surface area (Å²) >= 11 is 0. The fourth-order valence-corrected chi connectivity index (χ4v) is 4.48. The lowest BCUT2D eigenvalue weighted by molar-refractivity contribution is -0.136. The lowest BCUT2D eigenvalue weighted by Gasteiger charge is -2.18. The van der Waals surface area contributed by atoms with E-state index in [2.05, 4.69) is 10.3 Å². The third kappa shape index (κ3) is 5.45. The Labute approximate surface area is 200 Å². The first-order valence-corrected chi connectivity index (χ1v) is 12.2. The third-order valence-electron chi connectivity index (χ3n) is 5.70. The van der Waals surface area contributed by atoms with Crippen LogP contribution in [0.15, 0.2) is 83.9 Å². The summed E-state index contributed by atoms with van der Waals surface area (Å²) in [6.07, 6.45) is -2.76. The van der Waals surface area contributed by atoms with Gasteiger partial charge in [-0.05, 0) is 35.7 Å². The highest BCUT2D eigenvalue weighted by Gasteiger charge is 2.34. The Bertz CT molecular complexity index is 1450. The van der Waals surface area contributed by atoms with E-state index < -0.39 is 27.8 Å². The Morgan fingerprint density at radius 2 is 1.66 bits per heavy atom. The Morgan fingerprint density at radius 3 is 2.29 bits per heavy atom. The SMILES string of the molecule is NS(=O)(=O)c1ccc(CCN[C@@H](C(=O)c2c[nH]c3c(C(F)(F)F)cccc23)c2ccccc2)cc1. The summed E-state index contributed by atoms with van der Waals surface area (Å²) < 4.78 is 63.1. The van der Waals surface area contributed by atoms with Gasteiger partial charge in [-0.15, -0.1) is 0 Å². The maximum atomic E-state index is 13.5. The molecule has 6 nitrogen and oxygen atoms in total. The molecule has 0 saturated carbocycles. The molecule has 0 unspecified atom stereocenters. The van der Waals surface area contributed by atoms with Gasteiger partial charge in [0.15, 0.2) is 5.78 Å². The molecule has 0 aliphatic heterocycles.